The minimum absolute atomic E-state index is 0.00514. The van der Waals surface area contributed by atoms with Crippen LogP contribution >= 0.6 is 27.5 Å². The molecule has 6 heteroatoms. The Morgan fingerprint density at radius 2 is 2.12 bits per heavy atom. The van der Waals surface area contributed by atoms with E-state index >= 15 is 0 Å². The predicted molar refractivity (Wildman–Crippen MR) is 71.7 cm³/mol. The summed E-state index contributed by atoms with van der Waals surface area (Å²) in [5, 5.41) is 0.499. The largest absolute Gasteiger partial charge is 0.240 e. The maximum atomic E-state index is 12.1. The quantitative estimate of drug-likeness (QED) is 0.916. The Kier molecular flexibility index (Phi) is 3.83. The van der Waals surface area contributed by atoms with Gasteiger partial charge in [-0.2, -0.15) is 0 Å². The topological polar surface area (TPSA) is 46.2 Å². The molecule has 0 aromatic heterocycles. The molecule has 1 fully saturated rings. The third-order valence-corrected chi connectivity index (χ3v) is 5.64. The van der Waals surface area contributed by atoms with E-state index in [4.69, 9.17) is 11.6 Å². The van der Waals surface area contributed by atoms with Crippen LogP contribution in [0.3, 0.4) is 0 Å². The first-order valence-electron chi connectivity index (χ1n) is 5.37. The highest BCUT2D eigenvalue weighted by atomic mass is 79.9. The average molecular weight is 339 g/mol. The lowest BCUT2D eigenvalue weighted by molar-refractivity contribution is 0.538. The van der Waals surface area contributed by atoms with E-state index in [1.807, 2.05) is 6.92 Å². The molecule has 1 N–H and O–H groups in total. The normalized spacial score (nSPS) is 18.1. The van der Waals surface area contributed by atoms with Crippen molar-refractivity contribution in [1.82, 2.24) is 4.72 Å². The van der Waals surface area contributed by atoms with Gasteiger partial charge in [0.15, 0.2) is 0 Å². The number of sulfonamides is 1. The van der Waals surface area contributed by atoms with Gasteiger partial charge in [-0.15, -0.1) is 0 Å². The Labute approximate surface area is 115 Å². The first-order chi connectivity index (χ1) is 7.90. The van der Waals surface area contributed by atoms with E-state index < -0.39 is 10.0 Å². The van der Waals surface area contributed by atoms with Crippen molar-refractivity contribution in [2.24, 2.45) is 5.92 Å². The maximum Gasteiger partial charge on any atom is 0.240 e. The van der Waals surface area contributed by atoms with Crippen LogP contribution in [0.25, 0.3) is 0 Å². The van der Waals surface area contributed by atoms with Gasteiger partial charge < -0.3 is 0 Å². The molecule has 0 amide bonds. The molecule has 1 aromatic rings. The van der Waals surface area contributed by atoms with Gasteiger partial charge >= 0.3 is 0 Å². The summed E-state index contributed by atoms with van der Waals surface area (Å²) in [4.78, 5) is 0.237. The number of halogens is 2. The summed E-state index contributed by atoms with van der Waals surface area (Å²) in [5.41, 5.74) is 0. The number of benzene rings is 1. The van der Waals surface area contributed by atoms with Crippen LogP contribution in [0, 0.1) is 5.92 Å². The summed E-state index contributed by atoms with van der Waals surface area (Å²) in [6.45, 7) is 1.90. The molecule has 0 saturated heterocycles. The lowest BCUT2D eigenvalue weighted by atomic mass is 10.2. The summed E-state index contributed by atoms with van der Waals surface area (Å²) in [5.74, 6) is 0.487. The zero-order valence-electron chi connectivity index (χ0n) is 9.28. The molecule has 1 saturated carbocycles. The number of nitrogens with one attached hydrogen (secondary N) is 1. The second-order valence-electron chi connectivity index (χ2n) is 4.32. The van der Waals surface area contributed by atoms with Gasteiger partial charge in [0.05, 0.1) is 9.92 Å². The fraction of sp³-hybridized carbons (Fsp3) is 0.455. The standard InChI is InChI=1S/C11H13BrClNO2S/c1-7(8-2-3-8)14-17(15,16)9-4-5-11(13)10(12)6-9/h4-8,14H,2-3H2,1H3. The number of hydrogen-bond donors (Lipinski definition) is 1. The molecule has 3 nitrogen and oxygen atoms in total. The molecule has 94 valence electrons. The SMILES string of the molecule is CC(NS(=O)(=O)c1ccc(Cl)c(Br)c1)C1CC1. The lowest BCUT2D eigenvalue weighted by Gasteiger charge is -2.13. The maximum absolute atomic E-state index is 12.1. The van der Waals surface area contributed by atoms with E-state index in [1.54, 1.807) is 6.07 Å². The summed E-state index contributed by atoms with van der Waals surface area (Å²) < 4.78 is 27.4. The Bertz CT molecular complexity index is 528. The minimum Gasteiger partial charge on any atom is -0.208 e. The van der Waals surface area contributed by atoms with Crippen molar-refractivity contribution in [3.8, 4) is 0 Å². The molecule has 0 radical (unpaired) electrons. The molecule has 0 heterocycles. The van der Waals surface area contributed by atoms with Crippen LogP contribution in [0.4, 0.5) is 0 Å². The van der Waals surface area contributed by atoms with Crippen molar-refractivity contribution < 1.29 is 8.42 Å². The van der Waals surface area contributed by atoms with Gasteiger partial charge in [-0.1, -0.05) is 11.6 Å². The van der Waals surface area contributed by atoms with Crippen LogP contribution < -0.4 is 4.72 Å². The Morgan fingerprint density at radius 3 is 2.65 bits per heavy atom. The molecular weight excluding hydrogens is 326 g/mol. The van der Waals surface area contributed by atoms with Crippen molar-refractivity contribution in [3.05, 3.63) is 27.7 Å². The van der Waals surface area contributed by atoms with E-state index in [9.17, 15) is 8.42 Å². The summed E-state index contributed by atoms with van der Waals surface area (Å²) >= 11 is 9.06. The number of hydrogen-bond acceptors (Lipinski definition) is 2. The summed E-state index contributed by atoms with van der Waals surface area (Å²) in [7, 11) is -3.44. The Balaban J connectivity index is 2.21. The van der Waals surface area contributed by atoms with Gasteiger partial charge in [-0.05, 0) is 59.8 Å². The van der Waals surface area contributed by atoms with Crippen molar-refractivity contribution in [2.45, 2.75) is 30.7 Å². The van der Waals surface area contributed by atoms with Crippen LogP contribution in [0.5, 0.6) is 0 Å². The Morgan fingerprint density at radius 1 is 1.47 bits per heavy atom. The third kappa shape index (κ3) is 3.22. The van der Waals surface area contributed by atoms with Gasteiger partial charge in [0.1, 0.15) is 0 Å². The fourth-order valence-electron chi connectivity index (χ4n) is 1.65. The number of rotatable bonds is 4. The molecule has 1 aliphatic carbocycles. The van der Waals surface area contributed by atoms with E-state index in [2.05, 4.69) is 20.7 Å². The van der Waals surface area contributed by atoms with Crippen LogP contribution in [0.15, 0.2) is 27.6 Å². The molecule has 0 bridgehead atoms. The van der Waals surface area contributed by atoms with Crippen molar-refractivity contribution >= 4 is 37.6 Å². The van der Waals surface area contributed by atoms with Crippen molar-refractivity contribution in [3.63, 3.8) is 0 Å². The zero-order chi connectivity index (χ0) is 12.6. The van der Waals surface area contributed by atoms with E-state index in [-0.39, 0.29) is 10.9 Å². The zero-order valence-corrected chi connectivity index (χ0v) is 12.4. The second kappa shape index (κ2) is 4.88. The van der Waals surface area contributed by atoms with E-state index in [0.29, 0.717) is 15.4 Å². The van der Waals surface area contributed by atoms with Crippen molar-refractivity contribution in [2.75, 3.05) is 0 Å². The summed E-state index contributed by atoms with van der Waals surface area (Å²) in [6, 6.07) is 4.59. The Hall–Kier alpha value is -0.100. The summed E-state index contributed by atoms with van der Waals surface area (Å²) in [6.07, 6.45) is 2.21. The molecule has 1 unspecified atom stereocenters. The smallest absolute Gasteiger partial charge is 0.208 e. The molecule has 1 aliphatic rings. The highest BCUT2D eigenvalue weighted by Crippen LogP contribution is 2.33. The van der Waals surface area contributed by atoms with Gasteiger partial charge in [0, 0.05) is 10.5 Å². The molecule has 1 atom stereocenters. The first-order valence-corrected chi connectivity index (χ1v) is 8.03. The van der Waals surface area contributed by atoms with Gasteiger partial charge in [0.2, 0.25) is 10.0 Å². The van der Waals surface area contributed by atoms with E-state index in [0.717, 1.165) is 12.8 Å². The lowest BCUT2D eigenvalue weighted by Crippen LogP contribution is -2.34. The first kappa shape index (κ1) is 13.3. The van der Waals surface area contributed by atoms with Crippen LogP contribution in [0.2, 0.25) is 5.02 Å². The van der Waals surface area contributed by atoms with Gasteiger partial charge in [-0.25, -0.2) is 13.1 Å². The van der Waals surface area contributed by atoms with E-state index in [1.165, 1.54) is 12.1 Å². The van der Waals surface area contributed by atoms with Crippen molar-refractivity contribution in [1.29, 1.82) is 0 Å². The van der Waals surface area contributed by atoms with Gasteiger partial charge in [-0.3, -0.25) is 0 Å². The monoisotopic (exact) mass is 337 g/mol. The molecule has 17 heavy (non-hydrogen) atoms. The minimum atomic E-state index is -3.44. The molecule has 0 spiro atoms. The molecule has 2 rings (SSSR count). The van der Waals surface area contributed by atoms with Crippen LogP contribution in [-0.4, -0.2) is 14.5 Å². The molecule has 0 aliphatic heterocycles. The molecular formula is C11H13BrClNO2S. The molecule has 1 aromatic carbocycles. The predicted octanol–water partition coefficient (Wildman–Crippen LogP) is 3.18. The third-order valence-electron chi connectivity index (χ3n) is 2.87. The van der Waals surface area contributed by atoms with Crippen LogP contribution in [-0.2, 0) is 10.0 Å². The second-order valence-corrected chi connectivity index (χ2v) is 7.30. The highest BCUT2D eigenvalue weighted by Gasteiger charge is 2.31. The van der Waals surface area contributed by atoms with Gasteiger partial charge in [0.25, 0.3) is 0 Å². The highest BCUT2D eigenvalue weighted by molar-refractivity contribution is 9.10. The van der Waals surface area contributed by atoms with Crippen LogP contribution in [0.1, 0.15) is 19.8 Å². The fourth-order valence-corrected chi connectivity index (χ4v) is 3.64. The average Bonchev–Trinajstić information content (AvgIpc) is 3.04.